The third-order valence-electron chi connectivity index (χ3n) is 2.35. The summed E-state index contributed by atoms with van der Waals surface area (Å²) in [6, 6.07) is 4.99. The topological polar surface area (TPSA) is 78.3 Å². The van der Waals surface area contributed by atoms with Gasteiger partial charge in [-0.1, -0.05) is 11.6 Å². The minimum Gasteiger partial charge on any atom is -0.434 e. The summed E-state index contributed by atoms with van der Waals surface area (Å²) in [5, 5.41) is 8.15. The third kappa shape index (κ3) is 1.82. The Kier molecular flexibility index (Phi) is 2.49. The van der Waals surface area contributed by atoms with Crippen molar-refractivity contribution in [2.45, 2.75) is 0 Å². The SMILES string of the molecule is Nc1ccc(Cl)c(Oc2nccn3cnnc23)c1. The molecular formula is C11H8ClN5O. The number of nitrogen functional groups attached to an aromatic ring is 1. The highest BCUT2D eigenvalue weighted by molar-refractivity contribution is 6.32. The average Bonchev–Trinajstić information content (AvgIpc) is 2.83. The standard InChI is InChI=1S/C11H8ClN5O/c12-8-2-1-7(13)5-9(8)18-11-10-16-15-6-17(10)4-3-14-11/h1-6H,13H2. The van der Waals surface area contributed by atoms with Crippen LogP contribution >= 0.6 is 11.6 Å². The van der Waals surface area contributed by atoms with Crippen LogP contribution in [0.5, 0.6) is 11.6 Å². The Morgan fingerprint density at radius 3 is 3.11 bits per heavy atom. The van der Waals surface area contributed by atoms with E-state index in [2.05, 4.69) is 15.2 Å². The van der Waals surface area contributed by atoms with Crippen LogP contribution in [0, 0.1) is 0 Å². The molecule has 0 fully saturated rings. The lowest BCUT2D eigenvalue weighted by Crippen LogP contribution is -1.94. The molecule has 1 aromatic carbocycles. The van der Waals surface area contributed by atoms with Crippen molar-refractivity contribution in [3.63, 3.8) is 0 Å². The van der Waals surface area contributed by atoms with Crippen molar-refractivity contribution in [2.24, 2.45) is 0 Å². The lowest BCUT2D eigenvalue weighted by atomic mass is 10.3. The maximum absolute atomic E-state index is 6.02. The molecule has 3 rings (SSSR count). The summed E-state index contributed by atoms with van der Waals surface area (Å²) in [4.78, 5) is 4.10. The number of hydrogen-bond donors (Lipinski definition) is 1. The molecule has 6 nitrogen and oxygen atoms in total. The molecule has 0 unspecified atom stereocenters. The van der Waals surface area contributed by atoms with Gasteiger partial charge < -0.3 is 10.5 Å². The highest BCUT2D eigenvalue weighted by Gasteiger charge is 2.10. The van der Waals surface area contributed by atoms with Crippen LogP contribution in [0.3, 0.4) is 0 Å². The first-order valence-corrected chi connectivity index (χ1v) is 5.49. The Hall–Kier alpha value is -2.34. The molecule has 0 saturated heterocycles. The fourth-order valence-electron chi connectivity index (χ4n) is 1.51. The second kappa shape index (κ2) is 4.15. The van der Waals surface area contributed by atoms with Gasteiger partial charge in [-0.2, -0.15) is 0 Å². The molecule has 2 heterocycles. The molecule has 90 valence electrons. The summed E-state index contributed by atoms with van der Waals surface area (Å²) < 4.78 is 7.31. The lowest BCUT2D eigenvalue weighted by molar-refractivity contribution is 0.465. The van der Waals surface area contributed by atoms with E-state index in [-0.39, 0.29) is 0 Å². The maximum atomic E-state index is 6.02. The molecule has 3 aromatic rings. The van der Waals surface area contributed by atoms with Crippen molar-refractivity contribution in [3.05, 3.63) is 41.9 Å². The number of rotatable bonds is 2. The van der Waals surface area contributed by atoms with Crippen LogP contribution in [0.1, 0.15) is 0 Å². The number of nitrogens with two attached hydrogens (primary N) is 1. The Bertz CT molecular complexity index is 711. The largest absolute Gasteiger partial charge is 0.434 e. The summed E-state index contributed by atoms with van der Waals surface area (Å²) in [5.41, 5.74) is 6.75. The minimum absolute atomic E-state index is 0.322. The highest BCUT2D eigenvalue weighted by atomic mass is 35.5. The van der Waals surface area contributed by atoms with Crippen LogP contribution < -0.4 is 10.5 Å². The maximum Gasteiger partial charge on any atom is 0.265 e. The smallest absolute Gasteiger partial charge is 0.265 e. The quantitative estimate of drug-likeness (QED) is 0.715. The van der Waals surface area contributed by atoms with Crippen molar-refractivity contribution < 1.29 is 4.74 Å². The van der Waals surface area contributed by atoms with Gasteiger partial charge in [0, 0.05) is 24.1 Å². The Morgan fingerprint density at radius 2 is 2.22 bits per heavy atom. The van der Waals surface area contributed by atoms with Crippen LogP contribution in [-0.2, 0) is 0 Å². The Morgan fingerprint density at radius 1 is 1.33 bits per heavy atom. The van der Waals surface area contributed by atoms with E-state index in [9.17, 15) is 0 Å². The molecule has 0 atom stereocenters. The first kappa shape index (κ1) is 10.8. The van der Waals surface area contributed by atoms with Gasteiger partial charge in [0.25, 0.3) is 5.88 Å². The fraction of sp³-hybridized carbons (Fsp3) is 0. The van der Waals surface area contributed by atoms with Crippen molar-refractivity contribution in [1.82, 2.24) is 19.6 Å². The molecule has 2 N–H and O–H groups in total. The molecule has 18 heavy (non-hydrogen) atoms. The van der Waals surface area contributed by atoms with E-state index >= 15 is 0 Å². The number of anilines is 1. The van der Waals surface area contributed by atoms with E-state index in [1.165, 1.54) is 0 Å². The zero-order valence-corrected chi connectivity index (χ0v) is 9.87. The lowest BCUT2D eigenvalue weighted by Gasteiger charge is -2.07. The summed E-state index contributed by atoms with van der Waals surface area (Å²) in [5.74, 6) is 0.753. The van der Waals surface area contributed by atoms with Gasteiger partial charge in [-0.25, -0.2) is 4.98 Å². The van der Waals surface area contributed by atoms with Gasteiger partial charge in [-0.3, -0.25) is 4.40 Å². The molecular weight excluding hydrogens is 254 g/mol. The molecule has 0 saturated carbocycles. The summed E-state index contributed by atoms with van der Waals surface area (Å²) in [6.07, 6.45) is 4.87. The van der Waals surface area contributed by atoms with Gasteiger partial charge in [-0.05, 0) is 12.1 Å². The average molecular weight is 262 g/mol. The normalized spacial score (nSPS) is 10.7. The van der Waals surface area contributed by atoms with Gasteiger partial charge in [0.1, 0.15) is 12.1 Å². The Balaban J connectivity index is 2.06. The fourth-order valence-corrected chi connectivity index (χ4v) is 1.67. The molecule has 0 bridgehead atoms. The molecule has 0 amide bonds. The van der Waals surface area contributed by atoms with Crippen LogP contribution in [0.4, 0.5) is 5.69 Å². The number of ether oxygens (including phenoxy) is 1. The van der Waals surface area contributed by atoms with Crippen molar-refractivity contribution in [3.8, 4) is 11.6 Å². The molecule has 0 spiro atoms. The molecule has 0 aliphatic rings. The number of hydrogen-bond acceptors (Lipinski definition) is 5. The number of halogens is 1. The minimum atomic E-state index is 0.322. The number of benzene rings is 1. The zero-order valence-electron chi connectivity index (χ0n) is 9.12. The molecule has 0 radical (unpaired) electrons. The van der Waals surface area contributed by atoms with Crippen molar-refractivity contribution in [2.75, 3.05) is 5.73 Å². The van der Waals surface area contributed by atoms with Crippen LogP contribution in [-0.4, -0.2) is 19.6 Å². The van der Waals surface area contributed by atoms with Gasteiger partial charge in [-0.15, -0.1) is 10.2 Å². The molecule has 0 aliphatic carbocycles. The number of fused-ring (bicyclic) bond motifs is 1. The third-order valence-corrected chi connectivity index (χ3v) is 2.66. The second-order valence-corrected chi connectivity index (χ2v) is 3.99. The predicted molar refractivity (Wildman–Crippen MR) is 66.7 cm³/mol. The predicted octanol–water partition coefficient (Wildman–Crippen LogP) is 2.15. The van der Waals surface area contributed by atoms with E-state index in [0.29, 0.717) is 28.0 Å². The molecule has 2 aromatic heterocycles. The van der Waals surface area contributed by atoms with E-state index in [1.54, 1.807) is 41.3 Å². The van der Waals surface area contributed by atoms with E-state index < -0.39 is 0 Å². The first-order valence-electron chi connectivity index (χ1n) is 5.11. The summed E-state index contributed by atoms with van der Waals surface area (Å²) in [7, 11) is 0. The summed E-state index contributed by atoms with van der Waals surface area (Å²) >= 11 is 6.02. The van der Waals surface area contributed by atoms with E-state index in [0.717, 1.165) is 0 Å². The monoisotopic (exact) mass is 261 g/mol. The van der Waals surface area contributed by atoms with Crippen LogP contribution in [0.15, 0.2) is 36.9 Å². The van der Waals surface area contributed by atoms with Gasteiger partial charge >= 0.3 is 0 Å². The van der Waals surface area contributed by atoms with E-state index in [4.69, 9.17) is 22.1 Å². The van der Waals surface area contributed by atoms with Gasteiger partial charge in [0.2, 0.25) is 5.65 Å². The van der Waals surface area contributed by atoms with E-state index in [1.807, 2.05) is 0 Å². The summed E-state index contributed by atoms with van der Waals surface area (Å²) in [6.45, 7) is 0. The van der Waals surface area contributed by atoms with Crippen molar-refractivity contribution >= 4 is 22.9 Å². The highest BCUT2D eigenvalue weighted by Crippen LogP contribution is 2.31. The second-order valence-electron chi connectivity index (χ2n) is 3.59. The van der Waals surface area contributed by atoms with Gasteiger partial charge in [0.05, 0.1) is 5.02 Å². The zero-order chi connectivity index (χ0) is 12.5. The molecule has 0 aliphatic heterocycles. The molecule has 7 heteroatoms. The number of aromatic nitrogens is 4. The van der Waals surface area contributed by atoms with Crippen LogP contribution in [0.2, 0.25) is 5.02 Å². The number of nitrogens with zero attached hydrogens (tertiary/aromatic N) is 4. The first-order chi connectivity index (χ1) is 8.74. The van der Waals surface area contributed by atoms with Crippen LogP contribution in [0.25, 0.3) is 5.65 Å². The van der Waals surface area contributed by atoms with Gasteiger partial charge in [0.15, 0.2) is 0 Å². The Labute approximate surface area is 107 Å². The van der Waals surface area contributed by atoms with Crippen molar-refractivity contribution in [1.29, 1.82) is 0 Å².